The number of carbonyl (C=O) groups is 2. The van der Waals surface area contributed by atoms with E-state index in [4.69, 9.17) is 0 Å². The zero-order chi connectivity index (χ0) is 15.1. The number of amides is 3. The second-order valence-corrected chi connectivity index (χ2v) is 5.88. The van der Waals surface area contributed by atoms with Gasteiger partial charge in [-0.1, -0.05) is 15.9 Å². The molecule has 8 heteroatoms. The molecule has 0 aromatic heterocycles. The average Bonchev–Trinajstić information content (AvgIpc) is 2.39. The first kappa shape index (κ1) is 18.7. The van der Waals surface area contributed by atoms with Crippen molar-refractivity contribution in [3.05, 3.63) is 28.7 Å². The first-order chi connectivity index (χ1) is 10.1. The zero-order valence-electron chi connectivity index (χ0n) is 12.0. The minimum absolute atomic E-state index is 0. The smallest absolute Gasteiger partial charge is 0.319 e. The van der Waals surface area contributed by atoms with Crippen molar-refractivity contribution in [3.8, 4) is 0 Å². The second-order valence-electron chi connectivity index (χ2n) is 4.97. The van der Waals surface area contributed by atoms with Crippen LogP contribution >= 0.6 is 28.3 Å². The quantitative estimate of drug-likeness (QED) is 0.596. The summed E-state index contributed by atoms with van der Waals surface area (Å²) in [6, 6.07) is 6.97. The van der Waals surface area contributed by atoms with Gasteiger partial charge < -0.3 is 21.3 Å². The summed E-state index contributed by atoms with van der Waals surface area (Å²) in [5.41, 5.74) is 0.706. The minimum atomic E-state index is -0.312. The third-order valence-electron chi connectivity index (χ3n) is 3.19. The van der Waals surface area contributed by atoms with Gasteiger partial charge in [-0.2, -0.15) is 0 Å². The van der Waals surface area contributed by atoms with Gasteiger partial charge in [0.25, 0.3) is 0 Å². The summed E-state index contributed by atoms with van der Waals surface area (Å²) < 4.78 is 0.951. The van der Waals surface area contributed by atoms with Crippen LogP contribution in [0.5, 0.6) is 0 Å². The lowest BCUT2D eigenvalue weighted by molar-refractivity contribution is -0.121. The van der Waals surface area contributed by atoms with Crippen molar-refractivity contribution in [3.63, 3.8) is 0 Å². The lowest BCUT2D eigenvalue weighted by Crippen LogP contribution is -2.48. The standard InChI is InChI=1S/C14H19BrN4O2.ClH/c15-11-1-3-12(4-2-11)19-14(21)17-6-5-13(20)18-9-10-7-16-8-10;/h1-4,10,16H,5-9H2,(H,18,20)(H2,17,19,21);1H. The van der Waals surface area contributed by atoms with Gasteiger partial charge in [-0.25, -0.2) is 4.79 Å². The number of benzene rings is 1. The molecule has 1 heterocycles. The van der Waals surface area contributed by atoms with Crippen LogP contribution in [0.4, 0.5) is 10.5 Å². The molecule has 0 bridgehead atoms. The van der Waals surface area contributed by atoms with Gasteiger partial charge in [0.15, 0.2) is 0 Å². The van der Waals surface area contributed by atoms with Crippen LogP contribution < -0.4 is 21.3 Å². The van der Waals surface area contributed by atoms with Crippen molar-refractivity contribution in [2.75, 3.05) is 31.5 Å². The summed E-state index contributed by atoms with van der Waals surface area (Å²) >= 11 is 3.33. The van der Waals surface area contributed by atoms with E-state index in [2.05, 4.69) is 37.2 Å². The number of rotatable bonds is 6. The highest BCUT2D eigenvalue weighted by Gasteiger charge is 2.16. The van der Waals surface area contributed by atoms with Crippen molar-refractivity contribution < 1.29 is 9.59 Å². The van der Waals surface area contributed by atoms with Gasteiger partial charge in [-0.05, 0) is 24.3 Å². The van der Waals surface area contributed by atoms with Crippen LogP contribution in [0.2, 0.25) is 0 Å². The summed E-state index contributed by atoms with van der Waals surface area (Å²) in [4.78, 5) is 23.2. The van der Waals surface area contributed by atoms with E-state index in [-0.39, 0.29) is 30.8 Å². The van der Waals surface area contributed by atoms with Crippen molar-refractivity contribution in [1.29, 1.82) is 0 Å². The third-order valence-corrected chi connectivity index (χ3v) is 3.72. The van der Waals surface area contributed by atoms with Crippen molar-refractivity contribution in [2.45, 2.75) is 6.42 Å². The predicted molar refractivity (Wildman–Crippen MR) is 92.4 cm³/mol. The maximum absolute atomic E-state index is 11.6. The fraction of sp³-hybridized carbons (Fsp3) is 0.429. The maximum Gasteiger partial charge on any atom is 0.319 e. The van der Waals surface area contributed by atoms with E-state index in [1.807, 2.05) is 12.1 Å². The normalized spacial score (nSPS) is 13.5. The van der Waals surface area contributed by atoms with Gasteiger partial charge >= 0.3 is 6.03 Å². The Morgan fingerprint density at radius 3 is 2.45 bits per heavy atom. The molecular formula is C14H20BrClN4O2. The fourth-order valence-electron chi connectivity index (χ4n) is 1.84. The lowest BCUT2D eigenvalue weighted by Gasteiger charge is -2.27. The second kappa shape index (κ2) is 9.66. The molecule has 1 aliphatic heterocycles. The summed E-state index contributed by atoms with van der Waals surface area (Å²) in [5, 5.41) is 11.4. The molecular weight excluding hydrogens is 372 g/mol. The molecule has 6 nitrogen and oxygen atoms in total. The Hall–Kier alpha value is -1.31. The molecule has 0 unspecified atom stereocenters. The highest BCUT2D eigenvalue weighted by atomic mass is 79.9. The predicted octanol–water partition coefficient (Wildman–Crippen LogP) is 1.72. The SMILES string of the molecule is Cl.O=C(CCNC(=O)Nc1ccc(Br)cc1)NCC1CNC1. The summed E-state index contributed by atoms with van der Waals surface area (Å²) in [5.74, 6) is 0.508. The molecule has 1 aromatic rings. The van der Waals surface area contributed by atoms with E-state index in [1.165, 1.54) is 0 Å². The monoisotopic (exact) mass is 390 g/mol. The Kier molecular flexibility index (Phi) is 8.22. The van der Waals surface area contributed by atoms with Crippen LogP contribution in [0.1, 0.15) is 6.42 Å². The molecule has 22 heavy (non-hydrogen) atoms. The number of hydrogen-bond donors (Lipinski definition) is 4. The first-order valence-electron chi connectivity index (χ1n) is 6.91. The van der Waals surface area contributed by atoms with Gasteiger partial charge in [0, 0.05) is 48.7 Å². The Morgan fingerprint density at radius 2 is 1.86 bits per heavy atom. The maximum atomic E-state index is 11.6. The van der Waals surface area contributed by atoms with Crippen LogP contribution in [-0.2, 0) is 4.79 Å². The van der Waals surface area contributed by atoms with Crippen LogP contribution in [0.25, 0.3) is 0 Å². The Bertz CT molecular complexity index is 494. The van der Waals surface area contributed by atoms with Crippen LogP contribution in [0.3, 0.4) is 0 Å². The van der Waals surface area contributed by atoms with Gasteiger partial charge in [-0.3, -0.25) is 4.79 Å². The number of hydrogen-bond acceptors (Lipinski definition) is 3. The molecule has 1 fully saturated rings. The summed E-state index contributed by atoms with van der Waals surface area (Å²) in [7, 11) is 0. The molecule has 3 amide bonds. The lowest BCUT2D eigenvalue weighted by atomic mass is 10.0. The van der Waals surface area contributed by atoms with E-state index in [0.717, 1.165) is 17.6 Å². The van der Waals surface area contributed by atoms with Crippen LogP contribution in [0.15, 0.2) is 28.7 Å². The van der Waals surface area contributed by atoms with Gasteiger partial charge in [0.1, 0.15) is 0 Å². The van der Waals surface area contributed by atoms with E-state index in [9.17, 15) is 9.59 Å². The number of anilines is 1. The molecule has 0 atom stereocenters. The Morgan fingerprint density at radius 1 is 1.18 bits per heavy atom. The zero-order valence-corrected chi connectivity index (χ0v) is 14.4. The number of halogens is 2. The van der Waals surface area contributed by atoms with Crippen LogP contribution in [-0.4, -0.2) is 38.1 Å². The highest BCUT2D eigenvalue weighted by molar-refractivity contribution is 9.10. The molecule has 1 aromatic carbocycles. The van der Waals surface area contributed by atoms with Crippen molar-refractivity contribution in [2.24, 2.45) is 5.92 Å². The largest absolute Gasteiger partial charge is 0.356 e. The average molecular weight is 392 g/mol. The number of nitrogens with one attached hydrogen (secondary N) is 4. The van der Waals surface area contributed by atoms with E-state index in [0.29, 0.717) is 24.7 Å². The minimum Gasteiger partial charge on any atom is -0.356 e. The molecule has 122 valence electrons. The fourth-order valence-corrected chi connectivity index (χ4v) is 2.10. The Balaban J connectivity index is 0.00000242. The molecule has 4 N–H and O–H groups in total. The van der Waals surface area contributed by atoms with Gasteiger partial charge in [-0.15, -0.1) is 12.4 Å². The molecule has 0 spiro atoms. The molecule has 0 aliphatic carbocycles. The third kappa shape index (κ3) is 6.64. The molecule has 0 saturated carbocycles. The molecule has 1 saturated heterocycles. The topological polar surface area (TPSA) is 82.3 Å². The number of carbonyl (C=O) groups excluding carboxylic acids is 2. The number of urea groups is 1. The molecule has 2 rings (SSSR count). The summed E-state index contributed by atoms with van der Waals surface area (Å²) in [6.07, 6.45) is 0.286. The van der Waals surface area contributed by atoms with Gasteiger partial charge in [0.05, 0.1) is 0 Å². The van der Waals surface area contributed by atoms with E-state index < -0.39 is 0 Å². The highest BCUT2D eigenvalue weighted by Crippen LogP contribution is 2.13. The Labute approximate surface area is 144 Å². The first-order valence-corrected chi connectivity index (χ1v) is 7.70. The summed E-state index contributed by atoms with van der Waals surface area (Å²) in [6.45, 7) is 2.95. The van der Waals surface area contributed by atoms with E-state index in [1.54, 1.807) is 12.1 Å². The van der Waals surface area contributed by atoms with Gasteiger partial charge in [0.2, 0.25) is 5.91 Å². The van der Waals surface area contributed by atoms with E-state index >= 15 is 0 Å². The molecule has 0 radical (unpaired) electrons. The molecule has 1 aliphatic rings. The van der Waals surface area contributed by atoms with Crippen molar-refractivity contribution >= 4 is 46.0 Å². The van der Waals surface area contributed by atoms with Crippen LogP contribution in [0, 0.1) is 5.92 Å². The van der Waals surface area contributed by atoms with Crippen molar-refractivity contribution in [1.82, 2.24) is 16.0 Å².